The summed E-state index contributed by atoms with van der Waals surface area (Å²) < 4.78 is 4.93. The van der Waals surface area contributed by atoms with Gasteiger partial charge >= 0.3 is 6.09 Å². The Kier molecular flexibility index (Phi) is 9.07. The van der Waals surface area contributed by atoms with Crippen molar-refractivity contribution in [2.45, 2.75) is 32.6 Å². The van der Waals surface area contributed by atoms with Crippen molar-refractivity contribution >= 4 is 23.6 Å². The number of alkyl carbamates (subject to hydrolysis) is 1. The van der Waals surface area contributed by atoms with Crippen LogP contribution in [-0.2, 0) is 16.0 Å². The normalized spacial score (nSPS) is 10.1. The van der Waals surface area contributed by atoms with Crippen LogP contribution in [0.25, 0.3) is 0 Å². The summed E-state index contributed by atoms with van der Waals surface area (Å²) in [7, 11) is 0. The lowest BCUT2D eigenvalue weighted by Crippen LogP contribution is -2.35. The van der Waals surface area contributed by atoms with Gasteiger partial charge in [-0.25, -0.2) is 4.79 Å². The van der Waals surface area contributed by atoms with Gasteiger partial charge in [0.05, 0.1) is 6.61 Å². The Morgan fingerprint density at radius 2 is 1.82 bits per heavy atom. The molecule has 2 N–H and O–H groups in total. The minimum Gasteiger partial charge on any atom is -0.450 e. The Labute approximate surface area is 136 Å². The van der Waals surface area contributed by atoms with Crippen LogP contribution >= 0.6 is 11.6 Å². The smallest absolute Gasteiger partial charge is 0.407 e. The molecule has 0 aliphatic carbocycles. The summed E-state index contributed by atoms with van der Waals surface area (Å²) in [5.74, 6) is -0.0453. The molecule has 2 amide bonds. The number of hydrogen-bond donors (Lipinski definition) is 2. The third-order valence-electron chi connectivity index (χ3n) is 3.00. The highest BCUT2D eigenvalue weighted by molar-refractivity contribution is 6.30. The first-order valence-electron chi connectivity index (χ1n) is 7.53. The summed E-state index contributed by atoms with van der Waals surface area (Å²) >= 11 is 5.80. The quantitative estimate of drug-likeness (QED) is 0.686. The second-order valence-corrected chi connectivity index (χ2v) is 5.33. The summed E-state index contributed by atoms with van der Waals surface area (Å²) in [6.07, 6.45) is 2.47. The molecule has 1 rings (SSSR count). The van der Waals surface area contributed by atoms with E-state index in [0.29, 0.717) is 37.6 Å². The maximum atomic E-state index is 11.7. The number of rotatable bonds is 9. The lowest BCUT2D eigenvalue weighted by Gasteiger charge is -2.08. The van der Waals surface area contributed by atoms with Crippen molar-refractivity contribution in [2.24, 2.45) is 0 Å². The summed E-state index contributed by atoms with van der Waals surface area (Å²) in [5, 5.41) is 6.02. The Balaban J connectivity index is 2.06. The van der Waals surface area contributed by atoms with Gasteiger partial charge in [0.15, 0.2) is 0 Å². The molecule has 0 fully saturated rings. The third kappa shape index (κ3) is 8.52. The number of ether oxygens (including phenoxy) is 1. The highest BCUT2D eigenvalue weighted by atomic mass is 35.5. The molecular formula is C16H23ClN2O3. The molecule has 5 nitrogen and oxygen atoms in total. The fraction of sp³-hybridized carbons (Fsp3) is 0.500. The number of carbonyl (C=O) groups excluding carboxylic acids is 2. The van der Waals surface area contributed by atoms with Gasteiger partial charge in [-0.15, -0.1) is 0 Å². The zero-order valence-electron chi connectivity index (χ0n) is 12.9. The SMILES string of the molecule is CCCCOC(=O)NCCNC(=O)CCc1ccc(Cl)cc1. The fourth-order valence-corrected chi connectivity index (χ4v) is 1.85. The van der Waals surface area contributed by atoms with Crippen LogP contribution in [-0.4, -0.2) is 31.7 Å². The van der Waals surface area contributed by atoms with Crippen LogP contribution in [0.5, 0.6) is 0 Å². The number of unbranched alkanes of at least 4 members (excludes halogenated alkanes) is 1. The van der Waals surface area contributed by atoms with Crippen LogP contribution < -0.4 is 10.6 Å². The van der Waals surface area contributed by atoms with E-state index < -0.39 is 6.09 Å². The molecule has 0 radical (unpaired) electrons. The van der Waals surface area contributed by atoms with Gasteiger partial charge < -0.3 is 15.4 Å². The predicted molar refractivity (Wildman–Crippen MR) is 87.0 cm³/mol. The largest absolute Gasteiger partial charge is 0.450 e. The fourth-order valence-electron chi connectivity index (χ4n) is 1.72. The van der Waals surface area contributed by atoms with Gasteiger partial charge in [-0.3, -0.25) is 4.79 Å². The molecule has 0 saturated heterocycles. The number of benzene rings is 1. The molecule has 1 aromatic carbocycles. The van der Waals surface area contributed by atoms with Gasteiger partial charge in [0.1, 0.15) is 0 Å². The van der Waals surface area contributed by atoms with Crippen molar-refractivity contribution < 1.29 is 14.3 Å². The van der Waals surface area contributed by atoms with Crippen LogP contribution in [0.4, 0.5) is 4.79 Å². The third-order valence-corrected chi connectivity index (χ3v) is 3.25. The van der Waals surface area contributed by atoms with Crippen molar-refractivity contribution in [1.82, 2.24) is 10.6 Å². The van der Waals surface area contributed by atoms with E-state index in [-0.39, 0.29) is 5.91 Å². The molecule has 0 heterocycles. The molecule has 0 unspecified atom stereocenters. The van der Waals surface area contributed by atoms with Crippen molar-refractivity contribution in [2.75, 3.05) is 19.7 Å². The summed E-state index contributed by atoms with van der Waals surface area (Å²) in [6.45, 7) is 3.20. The first-order chi connectivity index (χ1) is 10.6. The van der Waals surface area contributed by atoms with E-state index in [9.17, 15) is 9.59 Å². The van der Waals surface area contributed by atoms with E-state index >= 15 is 0 Å². The van der Waals surface area contributed by atoms with Crippen molar-refractivity contribution in [3.63, 3.8) is 0 Å². The predicted octanol–water partition coefficient (Wildman–Crippen LogP) is 2.92. The number of halogens is 1. The molecule has 1 aromatic rings. The average Bonchev–Trinajstić information content (AvgIpc) is 2.51. The maximum Gasteiger partial charge on any atom is 0.407 e. The molecule has 0 spiro atoms. The number of amides is 2. The monoisotopic (exact) mass is 326 g/mol. The molecule has 0 aliphatic rings. The molecule has 0 aromatic heterocycles. The highest BCUT2D eigenvalue weighted by Gasteiger charge is 2.03. The van der Waals surface area contributed by atoms with E-state index in [1.54, 1.807) is 0 Å². The van der Waals surface area contributed by atoms with Crippen LogP contribution in [0.15, 0.2) is 24.3 Å². The molecule has 0 bridgehead atoms. The van der Waals surface area contributed by atoms with Gasteiger partial charge in [0, 0.05) is 24.5 Å². The number of nitrogens with one attached hydrogen (secondary N) is 2. The second-order valence-electron chi connectivity index (χ2n) is 4.89. The van der Waals surface area contributed by atoms with Gasteiger partial charge in [-0.05, 0) is 30.5 Å². The van der Waals surface area contributed by atoms with Crippen LogP contribution in [0.3, 0.4) is 0 Å². The zero-order chi connectivity index (χ0) is 16.2. The minimum absolute atomic E-state index is 0.0453. The standard InChI is InChI=1S/C16H23ClN2O3/c1-2-3-12-22-16(21)19-11-10-18-15(20)9-6-13-4-7-14(17)8-5-13/h4-5,7-8H,2-3,6,9-12H2,1H3,(H,18,20)(H,19,21). The van der Waals surface area contributed by atoms with Crippen LogP contribution in [0, 0.1) is 0 Å². The Bertz CT molecular complexity index is 463. The van der Waals surface area contributed by atoms with Gasteiger partial charge in [-0.2, -0.15) is 0 Å². The minimum atomic E-state index is -0.441. The van der Waals surface area contributed by atoms with E-state index in [1.165, 1.54) is 0 Å². The number of carbonyl (C=O) groups is 2. The number of hydrogen-bond acceptors (Lipinski definition) is 3. The molecule has 6 heteroatoms. The topological polar surface area (TPSA) is 67.4 Å². The van der Waals surface area contributed by atoms with E-state index in [4.69, 9.17) is 16.3 Å². The van der Waals surface area contributed by atoms with Gasteiger partial charge in [0.2, 0.25) is 5.91 Å². The summed E-state index contributed by atoms with van der Waals surface area (Å²) in [6, 6.07) is 7.43. The molecule has 0 saturated carbocycles. The molecule has 0 atom stereocenters. The lowest BCUT2D eigenvalue weighted by atomic mass is 10.1. The van der Waals surface area contributed by atoms with Gasteiger partial charge in [-0.1, -0.05) is 37.1 Å². The Hall–Kier alpha value is -1.75. The van der Waals surface area contributed by atoms with Crippen LogP contribution in [0.1, 0.15) is 31.7 Å². The first kappa shape index (κ1) is 18.3. The molecule has 122 valence electrons. The van der Waals surface area contributed by atoms with Crippen molar-refractivity contribution in [3.05, 3.63) is 34.9 Å². The Morgan fingerprint density at radius 1 is 1.14 bits per heavy atom. The van der Waals surface area contributed by atoms with Crippen molar-refractivity contribution in [3.8, 4) is 0 Å². The Morgan fingerprint density at radius 3 is 2.50 bits per heavy atom. The highest BCUT2D eigenvalue weighted by Crippen LogP contribution is 2.10. The van der Waals surface area contributed by atoms with Crippen molar-refractivity contribution in [1.29, 1.82) is 0 Å². The molecular weight excluding hydrogens is 304 g/mol. The van der Waals surface area contributed by atoms with Gasteiger partial charge in [0.25, 0.3) is 0 Å². The maximum absolute atomic E-state index is 11.7. The summed E-state index contributed by atoms with van der Waals surface area (Å²) in [5.41, 5.74) is 1.07. The average molecular weight is 327 g/mol. The first-order valence-corrected chi connectivity index (χ1v) is 7.91. The molecule has 0 aliphatic heterocycles. The lowest BCUT2D eigenvalue weighted by molar-refractivity contribution is -0.121. The van der Waals surface area contributed by atoms with E-state index in [0.717, 1.165) is 18.4 Å². The van der Waals surface area contributed by atoms with Crippen LogP contribution in [0.2, 0.25) is 5.02 Å². The zero-order valence-corrected chi connectivity index (χ0v) is 13.6. The van der Waals surface area contributed by atoms with E-state index in [2.05, 4.69) is 10.6 Å². The summed E-state index contributed by atoms with van der Waals surface area (Å²) in [4.78, 5) is 22.9. The molecule has 22 heavy (non-hydrogen) atoms. The second kappa shape index (κ2) is 10.9. The van der Waals surface area contributed by atoms with E-state index in [1.807, 2.05) is 31.2 Å². The number of aryl methyl sites for hydroxylation is 1.